The minimum absolute atomic E-state index is 0.589. The van der Waals surface area contributed by atoms with Gasteiger partial charge in [0, 0.05) is 18.7 Å². The van der Waals surface area contributed by atoms with Gasteiger partial charge in [0.15, 0.2) is 5.58 Å². The van der Waals surface area contributed by atoms with Crippen LogP contribution in [0.1, 0.15) is 30.9 Å². The maximum absolute atomic E-state index is 6.10. The van der Waals surface area contributed by atoms with Crippen molar-refractivity contribution in [3.63, 3.8) is 0 Å². The number of tetrazole rings is 1. The monoisotopic (exact) mass is 438 g/mol. The quantitative estimate of drug-likeness (QED) is 0.330. The fourth-order valence-electron chi connectivity index (χ4n) is 3.97. The summed E-state index contributed by atoms with van der Waals surface area (Å²) >= 11 is 0. The zero-order valence-corrected chi connectivity index (χ0v) is 18.8. The second kappa shape index (κ2) is 9.24. The molecule has 33 heavy (non-hydrogen) atoms. The van der Waals surface area contributed by atoms with Crippen LogP contribution < -0.4 is 4.90 Å². The summed E-state index contributed by atoms with van der Waals surface area (Å²) in [5.41, 5.74) is 7.24. The van der Waals surface area contributed by atoms with Crippen molar-refractivity contribution in [2.75, 3.05) is 11.4 Å². The third-order valence-corrected chi connectivity index (χ3v) is 5.74. The molecule has 0 saturated heterocycles. The maximum Gasteiger partial charge on any atom is 0.298 e. The normalized spacial score (nSPS) is 11.2. The van der Waals surface area contributed by atoms with Crippen molar-refractivity contribution in [3.8, 4) is 22.5 Å². The highest BCUT2D eigenvalue weighted by molar-refractivity contribution is 5.80. The lowest BCUT2D eigenvalue weighted by Gasteiger charge is -2.20. The van der Waals surface area contributed by atoms with Crippen LogP contribution in [0.25, 0.3) is 33.6 Å². The van der Waals surface area contributed by atoms with E-state index in [0.717, 1.165) is 53.7 Å². The number of nitrogens with zero attached hydrogens (tertiary/aromatic N) is 5. The minimum atomic E-state index is 0.589. The molecule has 2 aromatic heterocycles. The van der Waals surface area contributed by atoms with E-state index in [9.17, 15) is 0 Å². The predicted octanol–water partition coefficient (Wildman–Crippen LogP) is 5.79. The highest BCUT2D eigenvalue weighted by Gasteiger charge is 2.15. The van der Waals surface area contributed by atoms with Crippen LogP contribution in [0.3, 0.4) is 0 Å². The first-order chi connectivity index (χ1) is 16.2. The average molecular weight is 439 g/mol. The number of aromatic amines is 1. The summed E-state index contributed by atoms with van der Waals surface area (Å²) in [5, 5.41) is 14.5. The number of rotatable bonds is 8. The van der Waals surface area contributed by atoms with Crippen molar-refractivity contribution in [1.29, 1.82) is 0 Å². The Morgan fingerprint density at radius 3 is 2.55 bits per heavy atom. The van der Waals surface area contributed by atoms with Gasteiger partial charge in [-0.1, -0.05) is 67.9 Å². The summed E-state index contributed by atoms with van der Waals surface area (Å²) < 4.78 is 6.10. The highest BCUT2D eigenvalue weighted by atomic mass is 16.4. The molecule has 5 rings (SSSR count). The van der Waals surface area contributed by atoms with Crippen LogP contribution in [0.15, 0.2) is 71.1 Å². The van der Waals surface area contributed by atoms with Gasteiger partial charge >= 0.3 is 0 Å². The Bertz CT molecular complexity index is 1340. The Morgan fingerprint density at radius 1 is 0.970 bits per heavy atom. The highest BCUT2D eigenvalue weighted by Crippen LogP contribution is 2.30. The van der Waals surface area contributed by atoms with Crippen molar-refractivity contribution >= 4 is 17.1 Å². The third-order valence-electron chi connectivity index (χ3n) is 5.74. The van der Waals surface area contributed by atoms with E-state index in [1.165, 1.54) is 11.1 Å². The molecule has 0 aliphatic carbocycles. The topological polar surface area (TPSA) is 83.7 Å². The first kappa shape index (κ1) is 20.9. The van der Waals surface area contributed by atoms with Crippen LogP contribution in [-0.4, -0.2) is 32.2 Å². The SMILES string of the molecule is CCCCN(Cc1ccc(-c2ccccc2-c2nn[nH]n2)cc1)c1nc2cc(C)ccc2o1. The number of fused-ring (bicyclic) bond motifs is 1. The molecule has 166 valence electrons. The summed E-state index contributed by atoms with van der Waals surface area (Å²) in [6.45, 7) is 5.90. The van der Waals surface area contributed by atoms with E-state index in [1.807, 2.05) is 24.3 Å². The van der Waals surface area contributed by atoms with Gasteiger partial charge in [-0.05, 0) is 52.9 Å². The number of benzene rings is 3. The molecule has 0 radical (unpaired) electrons. The molecule has 7 heteroatoms. The second-order valence-corrected chi connectivity index (χ2v) is 8.22. The molecule has 2 heterocycles. The summed E-state index contributed by atoms with van der Waals surface area (Å²) in [4.78, 5) is 6.99. The molecule has 3 aromatic carbocycles. The van der Waals surface area contributed by atoms with Gasteiger partial charge in [0.25, 0.3) is 6.01 Å². The maximum atomic E-state index is 6.10. The Hall–Kier alpha value is -4.00. The van der Waals surface area contributed by atoms with Gasteiger partial charge in [0.2, 0.25) is 5.82 Å². The molecular formula is C26H26N6O. The standard InChI is InChI=1S/C26H26N6O/c1-3-4-15-32(26-27-23-16-18(2)9-14-24(23)33-26)17-19-10-12-20(13-11-19)21-7-5-6-8-22(21)25-28-30-31-29-25/h5-14,16H,3-4,15,17H2,1-2H3,(H,28,29,30,31). The molecule has 5 aromatic rings. The van der Waals surface area contributed by atoms with E-state index in [4.69, 9.17) is 9.40 Å². The summed E-state index contributed by atoms with van der Waals surface area (Å²) in [7, 11) is 0. The van der Waals surface area contributed by atoms with Gasteiger partial charge in [-0.15, -0.1) is 10.2 Å². The number of hydrogen-bond donors (Lipinski definition) is 1. The number of H-pyrrole nitrogens is 1. The van der Waals surface area contributed by atoms with E-state index in [2.05, 4.69) is 81.8 Å². The molecule has 0 aliphatic heterocycles. The van der Waals surface area contributed by atoms with Crippen LogP contribution in [0.4, 0.5) is 6.01 Å². The van der Waals surface area contributed by atoms with Gasteiger partial charge in [-0.2, -0.15) is 10.2 Å². The fraction of sp³-hybridized carbons (Fsp3) is 0.231. The molecule has 0 spiro atoms. The van der Waals surface area contributed by atoms with E-state index in [0.29, 0.717) is 11.8 Å². The predicted molar refractivity (Wildman–Crippen MR) is 130 cm³/mol. The number of unbranched alkanes of at least 4 members (excludes halogenated alkanes) is 1. The van der Waals surface area contributed by atoms with Crippen LogP contribution in [0.2, 0.25) is 0 Å². The minimum Gasteiger partial charge on any atom is -0.423 e. The number of aromatic nitrogens is 5. The van der Waals surface area contributed by atoms with Crippen LogP contribution in [0, 0.1) is 6.92 Å². The number of oxazole rings is 1. The Balaban J connectivity index is 1.41. The van der Waals surface area contributed by atoms with Crippen LogP contribution in [-0.2, 0) is 6.54 Å². The molecule has 0 bridgehead atoms. The summed E-state index contributed by atoms with van der Waals surface area (Å²) in [6, 6.07) is 23.5. The molecular weight excluding hydrogens is 412 g/mol. The molecule has 0 fully saturated rings. The lowest BCUT2D eigenvalue weighted by molar-refractivity contribution is 0.556. The molecule has 0 atom stereocenters. The van der Waals surface area contributed by atoms with Crippen LogP contribution >= 0.6 is 0 Å². The van der Waals surface area contributed by atoms with Crippen molar-refractivity contribution < 1.29 is 4.42 Å². The lowest BCUT2D eigenvalue weighted by Crippen LogP contribution is -2.24. The molecule has 0 amide bonds. The lowest BCUT2D eigenvalue weighted by atomic mass is 9.98. The number of hydrogen-bond acceptors (Lipinski definition) is 6. The molecule has 7 nitrogen and oxygen atoms in total. The van der Waals surface area contributed by atoms with Gasteiger partial charge in [-0.25, -0.2) is 0 Å². The zero-order chi connectivity index (χ0) is 22.6. The van der Waals surface area contributed by atoms with Gasteiger partial charge < -0.3 is 9.32 Å². The van der Waals surface area contributed by atoms with E-state index in [-0.39, 0.29) is 0 Å². The first-order valence-electron chi connectivity index (χ1n) is 11.3. The van der Waals surface area contributed by atoms with Gasteiger partial charge in [-0.3, -0.25) is 0 Å². The smallest absolute Gasteiger partial charge is 0.298 e. The van der Waals surface area contributed by atoms with E-state index < -0.39 is 0 Å². The van der Waals surface area contributed by atoms with Crippen LogP contribution in [0.5, 0.6) is 0 Å². The van der Waals surface area contributed by atoms with Crippen molar-refractivity contribution in [1.82, 2.24) is 25.6 Å². The molecule has 1 N–H and O–H groups in total. The largest absolute Gasteiger partial charge is 0.423 e. The van der Waals surface area contributed by atoms with Gasteiger partial charge in [0.1, 0.15) is 5.52 Å². The average Bonchev–Trinajstić information content (AvgIpc) is 3.52. The van der Waals surface area contributed by atoms with Crippen molar-refractivity contribution in [3.05, 3.63) is 77.9 Å². The molecule has 0 unspecified atom stereocenters. The number of anilines is 1. The Morgan fingerprint density at radius 2 is 1.79 bits per heavy atom. The van der Waals surface area contributed by atoms with E-state index >= 15 is 0 Å². The molecule has 0 saturated carbocycles. The number of aryl methyl sites for hydroxylation is 1. The fourth-order valence-corrected chi connectivity index (χ4v) is 3.97. The second-order valence-electron chi connectivity index (χ2n) is 8.22. The van der Waals surface area contributed by atoms with Gasteiger partial charge in [0.05, 0.1) is 0 Å². The Labute approximate surface area is 192 Å². The first-order valence-corrected chi connectivity index (χ1v) is 11.3. The summed E-state index contributed by atoms with van der Waals surface area (Å²) in [6.07, 6.45) is 2.19. The van der Waals surface area contributed by atoms with Crippen molar-refractivity contribution in [2.24, 2.45) is 0 Å². The Kier molecular flexibility index (Phi) is 5.85. The number of nitrogens with one attached hydrogen (secondary N) is 1. The third kappa shape index (κ3) is 4.48. The molecule has 0 aliphatic rings. The zero-order valence-electron chi connectivity index (χ0n) is 18.8. The van der Waals surface area contributed by atoms with E-state index in [1.54, 1.807) is 0 Å². The van der Waals surface area contributed by atoms with Crippen molar-refractivity contribution in [2.45, 2.75) is 33.2 Å². The summed E-state index contributed by atoms with van der Waals surface area (Å²) in [5.74, 6) is 0.589.